The van der Waals surface area contributed by atoms with Crippen LogP contribution in [0.25, 0.3) is 0 Å². The van der Waals surface area contributed by atoms with Crippen molar-refractivity contribution in [2.75, 3.05) is 6.54 Å². The molecular formula is C12H21ClN4. The summed E-state index contributed by atoms with van der Waals surface area (Å²) in [6.07, 6.45) is 1.75. The molecule has 1 heterocycles. The lowest BCUT2D eigenvalue weighted by Gasteiger charge is -2.21. The second-order valence-corrected chi connectivity index (χ2v) is 5.90. The van der Waals surface area contributed by atoms with E-state index in [1.54, 1.807) is 6.33 Å². The standard InChI is InChI=1S/C12H21ClN4/c1-7(2)11(12-16-15-6-17(12)4)14-5-9-8(3)10(9)13/h6-11,14H,5H2,1-4H3/t8-,9-,10+,11+/m1/s1. The second kappa shape index (κ2) is 4.94. The van der Waals surface area contributed by atoms with Crippen LogP contribution >= 0.6 is 11.6 Å². The predicted molar refractivity (Wildman–Crippen MR) is 68.9 cm³/mol. The number of nitrogens with one attached hydrogen (secondary N) is 1. The minimum absolute atomic E-state index is 0.249. The Morgan fingerprint density at radius 2 is 2.18 bits per heavy atom. The van der Waals surface area contributed by atoms with E-state index < -0.39 is 0 Å². The predicted octanol–water partition coefficient (Wildman–Crippen LogP) is 1.98. The van der Waals surface area contributed by atoms with Crippen molar-refractivity contribution in [3.63, 3.8) is 0 Å². The van der Waals surface area contributed by atoms with Gasteiger partial charge in [-0.2, -0.15) is 0 Å². The average molecular weight is 257 g/mol. The molecule has 4 atom stereocenters. The summed E-state index contributed by atoms with van der Waals surface area (Å²) in [5.74, 6) is 2.72. The summed E-state index contributed by atoms with van der Waals surface area (Å²) in [6.45, 7) is 7.56. The van der Waals surface area contributed by atoms with Crippen molar-refractivity contribution >= 4 is 11.6 Å². The third kappa shape index (κ3) is 2.63. The van der Waals surface area contributed by atoms with Gasteiger partial charge < -0.3 is 9.88 Å². The third-order valence-corrected chi connectivity index (χ3v) is 4.43. The van der Waals surface area contributed by atoms with Gasteiger partial charge in [0.05, 0.1) is 6.04 Å². The van der Waals surface area contributed by atoms with Gasteiger partial charge in [0.1, 0.15) is 12.2 Å². The minimum atomic E-state index is 0.249. The average Bonchev–Trinajstić information content (AvgIpc) is 2.67. The molecule has 0 radical (unpaired) electrons. The molecule has 5 heteroatoms. The van der Waals surface area contributed by atoms with Crippen molar-refractivity contribution in [2.24, 2.45) is 24.8 Å². The number of rotatable bonds is 5. The molecular weight excluding hydrogens is 236 g/mol. The molecule has 1 saturated carbocycles. The van der Waals surface area contributed by atoms with E-state index in [2.05, 4.69) is 36.3 Å². The Morgan fingerprint density at radius 1 is 1.53 bits per heavy atom. The Morgan fingerprint density at radius 3 is 2.59 bits per heavy atom. The maximum atomic E-state index is 6.15. The molecule has 1 aromatic rings. The molecule has 1 aliphatic carbocycles. The van der Waals surface area contributed by atoms with Crippen LogP contribution in [-0.2, 0) is 7.05 Å². The third-order valence-electron chi connectivity index (χ3n) is 3.71. The quantitative estimate of drug-likeness (QED) is 0.820. The molecule has 0 aromatic carbocycles. The van der Waals surface area contributed by atoms with Crippen molar-refractivity contribution in [3.05, 3.63) is 12.2 Å². The lowest BCUT2D eigenvalue weighted by molar-refractivity contribution is 0.376. The highest BCUT2D eigenvalue weighted by molar-refractivity contribution is 6.23. The van der Waals surface area contributed by atoms with Crippen LogP contribution in [0, 0.1) is 17.8 Å². The summed E-state index contributed by atoms with van der Waals surface area (Å²) < 4.78 is 1.98. The van der Waals surface area contributed by atoms with Gasteiger partial charge in [-0.3, -0.25) is 0 Å². The molecule has 96 valence electrons. The van der Waals surface area contributed by atoms with Gasteiger partial charge in [-0.05, 0) is 17.8 Å². The number of aromatic nitrogens is 3. The van der Waals surface area contributed by atoms with Gasteiger partial charge in [-0.25, -0.2) is 0 Å². The summed E-state index contributed by atoms with van der Waals surface area (Å²) in [5, 5.41) is 12.1. The van der Waals surface area contributed by atoms with Gasteiger partial charge in [0.25, 0.3) is 0 Å². The number of aryl methyl sites for hydroxylation is 1. The first-order valence-corrected chi connectivity index (χ1v) is 6.67. The van der Waals surface area contributed by atoms with Crippen LogP contribution in [-0.4, -0.2) is 26.7 Å². The van der Waals surface area contributed by atoms with E-state index >= 15 is 0 Å². The zero-order valence-corrected chi connectivity index (χ0v) is 11.6. The lowest BCUT2D eigenvalue weighted by atomic mass is 10.0. The van der Waals surface area contributed by atoms with Gasteiger partial charge in [-0.15, -0.1) is 21.8 Å². The first-order valence-electron chi connectivity index (χ1n) is 6.23. The second-order valence-electron chi connectivity index (χ2n) is 5.40. The van der Waals surface area contributed by atoms with Crippen LogP contribution in [0.15, 0.2) is 6.33 Å². The van der Waals surface area contributed by atoms with E-state index in [9.17, 15) is 0 Å². The molecule has 4 nitrogen and oxygen atoms in total. The van der Waals surface area contributed by atoms with Crippen LogP contribution in [0.1, 0.15) is 32.6 Å². The Balaban J connectivity index is 1.97. The van der Waals surface area contributed by atoms with Gasteiger partial charge in [-0.1, -0.05) is 20.8 Å². The molecule has 0 amide bonds. The molecule has 0 saturated heterocycles. The number of halogens is 1. The largest absolute Gasteiger partial charge is 0.319 e. The fourth-order valence-electron chi connectivity index (χ4n) is 2.25. The van der Waals surface area contributed by atoms with Crippen LogP contribution < -0.4 is 5.32 Å². The van der Waals surface area contributed by atoms with E-state index in [4.69, 9.17) is 11.6 Å². The number of alkyl halides is 1. The maximum absolute atomic E-state index is 6.15. The van der Waals surface area contributed by atoms with Crippen LogP contribution in [0.5, 0.6) is 0 Å². The SMILES string of the molecule is CC(C)[C@H](NC[C@@H]1[C@@H](C)[C@@H]1Cl)c1nncn1C. The maximum Gasteiger partial charge on any atom is 0.149 e. The highest BCUT2D eigenvalue weighted by Gasteiger charge is 2.45. The van der Waals surface area contributed by atoms with Gasteiger partial charge in [0, 0.05) is 19.0 Å². The fourth-order valence-corrected chi connectivity index (χ4v) is 2.67. The zero-order valence-electron chi connectivity index (χ0n) is 10.9. The minimum Gasteiger partial charge on any atom is -0.319 e. The van der Waals surface area contributed by atoms with Crippen molar-refractivity contribution in [1.82, 2.24) is 20.1 Å². The first kappa shape index (κ1) is 12.8. The number of nitrogens with zero attached hydrogens (tertiary/aromatic N) is 3. The summed E-state index contributed by atoms with van der Waals surface area (Å²) >= 11 is 6.15. The summed E-state index contributed by atoms with van der Waals surface area (Å²) in [4.78, 5) is 0. The highest BCUT2D eigenvalue weighted by Crippen LogP contribution is 2.43. The monoisotopic (exact) mass is 256 g/mol. The topological polar surface area (TPSA) is 42.7 Å². The van der Waals surface area contributed by atoms with Crippen molar-refractivity contribution in [2.45, 2.75) is 32.2 Å². The van der Waals surface area contributed by atoms with Crippen molar-refractivity contribution < 1.29 is 0 Å². The summed E-state index contributed by atoms with van der Waals surface area (Å²) in [7, 11) is 1.98. The van der Waals surface area contributed by atoms with E-state index in [1.807, 2.05) is 11.6 Å². The first-order chi connectivity index (χ1) is 8.02. The van der Waals surface area contributed by atoms with E-state index in [0.717, 1.165) is 12.4 Å². The van der Waals surface area contributed by atoms with E-state index in [-0.39, 0.29) is 6.04 Å². The summed E-state index contributed by atoms with van der Waals surface area (Å²) in [6, 6.07) is 0.249. The molecule has 0 aliphatic heterocycles. The van der Waals surface area contributed by atoms with Gasteiger partial charge in [0.15, 0.2) is 0 Å². The smallest absolute Gasteiger partial charge is 0.149 e. The molecule has 2 rings (SSSR count). The molecule has 0 spiro atoms. The molecule has 1 aliphatic rings. The Labute approximate surface area is 108 Å². The molecule has 1 N–H and O–H groups in total. The Hall–Kier alpha value is -0.610. The number of hydrogen-bond acceptors (Lipinski definition) is 3. The molecule has 0 unspecified atom stereocenters. The van der Waals surface area contributed by atoms with Gasteiger partial charge in [0.2, 0.25) is 0 Å². The van der Waals surface area contributed by atoms with Crippen LogP contribution in [0.4, 0.5) is 0 Å². The fraction of sp³-hybridized carbons (Fsp3) is 0.833. The normalized spacial score (nSPS) is 29.6. The Bertz CT molecular complexity index is 368. The number of hydrogen-bond donors (Lipinski definition) is 1. The van der Waals surface area contributed by atoms with E-state index in [1.165, 1.54) is 0 Å². The van der Waals surface area contributed by atoms with Crippen molar-refractivity contribution in [1.29, 1.82) is 0 Å². The molecule has 17 heavy (non-hydrogen) atoms. The van der Waals surface area contributed by atoms with Crippen molar-refractivity contribution in [3.8, 4) is 0 Å². The van der Waals surface area contributed by atoms with Crippen LogP contribution in [0.2, 0.25) is 0 Å². The lowest BCUT2D eigenvalue weighted by Crippen LogP contribution is -2.30. The summed E-state index contributed by atoms with van der Waals surface area (Å²) in [5.41, 5.74) is 0. The molecule has 0 bridgehead atoms. The van der Waals surface area contributed by atoms with E-state index in [0.29, 0.717) is 23.1 Å². The van der Waals surface area contributed by atoms with Gasteiger partial charge >= 0.3 is 0 Å². The highest BCUT2D eigenvalue weighted by atomic mass is 35.5. The Kier molecular flexibility index (Phi) is 3.73. The molecule has 1 fully saturated rings. The molecule has 1 aromatic heterocycles. The zero-order chi connectivity index (χ0) is 12.6. The van der Waals surface area contributed by atoms with Crippen LogP contribution in [0.3, 0.4) is 0 Å².